The highest BCUT2D eigenvalue weighted by molar-refractivity contribution is 7.89. The normalized spacial score (nSPS) is 15.8. The number of hydrogen-bond donors (Lipinski definition) is 1. The van der Waals surface area contributed by atoms with E-state index in [4.69, 9.17) is 4.74 Å². The molecule has 1 fully saturated rings. The number of aryl methyl sites for hydroxylation is 1. The Morgan fingerprint density at radius 3 is 2.42 bits per heavy atom. The molecule has 1 amide bonds. The zero-order chi connectivity index (χ0) is 23.3. The lowest BCUT2D eigenvalue weighted by Crippen LogP contribution is -2.40. The molecule has 4 rings (SSSR count). The van der Waals surface area contributed by atoms with Crippen molar-refractivity contribution < 1.29 is 17.9 Å². The molecule has 1 saturated heterocycles. The third kappa shape index (κ3) is 5.68. The van der Waals surface area contributed by atoms with Crippen LogP contribution in [-0.2, 0) is 26.0 Å². The van der Waals surface area contributed by atoms with Crippen LogP contribution >= 0.6 is 0 Å². The van der Waals surface area contributed by atoms with Crippen molar-refractivity contribution in [1.82, 2.24) is 19.2 Å². The Labute approximate surface area is 194 Å². The fourth-order valence-corrected chi connectivity index (χ4v) is 5.17. The summed E-state index contributed by atoms with van der Waals surface area (Å²) in [7, 11) is -3.51. The molecule has 0 radical (unpaired) electrons. The Morgan fingerprint density at radius 1 is 1.09 bits per heavy atom. The number of imidazole rings is 1. The molecular weight excluding hydrogens is 440 g/mol. The third-order valence-corrected chi connectivity index (χ3v) is 7.66. The summed E-state index contributed by atoms with van der Waals surface area (Å²) in [5.74, 6) is -0.0498. The molecule has 0 saturated carbocycles. The van der Waals surface area contributed by atoms with Crippen LogP contribution in [0.1, 0.15) is 30.5 Å². The van der Waals surface area contributed by atoms with Gasteiger partial charge in [-0.1, -0.05) is 24.3 Å². The van der Waals surface area contributed by atoms with Gasteiger partial charge in [-0.3, -0.25) is 4.79 Å². The Hall–Kier alpha value is -3.01. The maximum Gasteiger partial charge on any atom is 0.243 e. The second kappa shape index (κ2) is 10.3. The van der Waals surface area contributed by atoms with Gasteiger partial charge in [0.1, 0.15) is 0 Å². The predicted octanol–water partition coefficient (Wildman–Crippen LogP) is 2.70. The number of carbonyl (C=O) groups is 1. The molecule has 1 aliphatic rings. The molecule has 1 aromatic heterocycles. The highest BCUT2D eigenvalue weighted by Gasteiger charge is 2.26. The third-order valence-electron chi connectivity index (χ3n) is 5.75. The number of rotatable bonds is 8. The molecule has 8 nitrogen and oxygen atoms in total. The lowest BCUT2D eigenvalue weighted by Gasteiger charge is -2.26. The summed E-state index contributed by atoms with van der Waals surface area (Å²) in [5, 5.41) is 3.03. The summed E-state index contributed by atoms with van der Waals surface area (Å²) < 4.78 is 34.0. The van der Waals surface area contributed by atoms with E-state index in [-0.39, 0.29) is 16.8 Å². The van der Waals surface area contributed by atoms with Gasteiger partial charge in [0, 0.05) is 37.6 Å². The molecule has 1 N–H and O–H groups in total. The summed E-state index contributed by atoms with van der Waals surface area (Å²) in [6.45, 7) is 3.53. The first kappa shape index (κ1) is 23.2. The van der Waals surface area contributed by atoms with E-state index in [1.807, 2.05) is 42.0 Å². The Balaban J connectivity index is 1.28. The number of amides is 1. The lowest BCUT2D eigenvalue weighted by atomic mass is 10.1. The summed E-state index contributed by atoms with van der Waals surface area (Å²) >= 11 is 0. The summed E-state index contributed by atoms with van der Waals surface area (Å²) in [4.78, 5) is 16.8. The van der Waals surface area contributed by atoms with Crippen LogP contribution < -0.4 is 5.32 Å². The molecule has 3 aromatic rings. The molecule has 0 spiro atoms. The van der Waals surface area contributed by atoms with E-state index in [0.717, 1.165) is 16.8 Å². The minimum Gasteiger partial charge on any atom is -0.379 e. The maximum atomic E-state index is 12.7. The molecule has 174 valence electrons. The van der Waals surface area contributed by atoms with Crippen molar-refractivity contribution in [2.24, 2.45) is 0 Å². The molecule has 9 heteroatoms. The number of nitrogens with zero attached hydrogens (tertiary/aromatic N) is 3. The first-order valence-electron chi connectivity index (χ1n) is 11.0. The molecule has 33 heavy (non-hydrogen) atoms. The Morgan fingerprint density at radius 2 is 1.79 bits per heavy atom. The van der Waals surface area contributed by atoms with Gasteiger partial charge >= 0.3 is 0 Å². The number of morpholine rings is 1. The van der Waals surface area contributed by atoms with E-state index < -0.39 is 10.0 Å². The van der Waals surface area contributed by atoms with Gasteiger partial charge in [-0.2, -0.15) is 4.31 Å². The zero-order valence-corrected chi connectivity index (χ0v) is 19.4. The van der Waals surface area contributed by atoms with Crippen molar-refractivity contribution in [2.75, 3.05) is 26.3 Å². The SMILES string of the molecule is CC(NC(=O)CCc1ccc(S(=O)(=O)N2CCOCC2)cc1)c1ccc(-n2ccnc2)cc1. The van der Waals surface area contributed by atoms with E-state index >= 15 is 0 Å². The van der Waals surface area contributed by atoms with Gasteiger partial charge in [0.05, 0.1) is 30.5 Å². The average Bonchev–Trinajstić information content (AvgIpc) is 3.39. The van der Waals surface area contributed by atoms with Crippen molar-refractivity contribution in [3.63, 3.8) is 0 Å². The summed E-state index contributed by atoms with van der Waals surface area (Å²) in [6, 6.07) is 14.6. The Kier molecular flexibility index (Phi) is 7.22. The monoisotopic (exact) mass is 468 g/mol. The number of ether oxygens (including phenoxy) is 1. The fraction of sp³-hybridized carbons (Fsp3) is 0.333. The molecule has 0 bridgehead atoms. The van der Waals surface area contributed by atoms with Crippen molar-refractivity contribution in [3.05, 3.63) is 78.4 Å². The molecular formula is C24H28N4O4S. The van der Waals surface area contributed by atoms with Gasteiger partial charge in [-0.15, -0.1) is 0 Å². The first-order valence-corrected chi connectivity index (χ1v) is 12.4. The van der Waals surface area contributed by atoms with E-state index in [2.05, 4.69) is 10.3 Å². The van der Waals surface area contributed by atoms with Crippen molar-refractivity contribution in [2.45, 2.75) is 30.7 Å². The topological polar surface area (TPSA) is 93.5 Å². The quantitative estimate of drug-likeness (QED) is 0.549. The van der Waals surface area contributed by atoms with Crippen LogP contribution in [0.3, 0.4) is 0 Å². The Bertz CT molecular complexity index is 1150. The van der Waals surface area contributed by atoms with Crippen LogP contribution in [0.2, 0.25) is 0 Å². The molecule has 1 atom stereocenters. The second-order valence-electron chi connectivity index (χ2n) is 8.01. The zero-order valence-electron chi connectivity index (χ0n) is 18.6. The van der Waals surface area contributed by atoms with Gasteiger partial charge in [0.25, 0.3) is 0 Å². The van der Waals surface area contributed by atoms with E-state index in [1.165, 1.54) is 4.31 Å². The number of nitrogens with one attached hydrogen (secondary N) is 1. The van der Waals surface area contributed by atoms with Crippen LogP contribution in [-0.4, -0.2) is 54.5 Å². The number of hydrogen-bond acceptors (Lipinski definition) is 5. The second-order valence-corrected chi connectivity index (χ2v) is 9.95. The maximum absolute atomic E-state index is 12.7. The number of carbonyl (C=O) groups excluding carboxylic acids is 1. The molecule has 2 heterocycles. The first-order chi connectivity index (χ1) is 15.9. The number of aromatic nitrogens is 2. The smallest absolute Gasteiger partial charge is 0.243 e. The van der Waals surface area contributed by atoms with Crippen molar-refractivity contribution in [1.29, 1.82) is 0 Å². The molecule has 0 aliphatic carbocycles. The molecule has 1 unspecified atom stereocenters. The summed E-state index contributed by atoms with van der Waals surface area (Å²) in [6.07, 6.45) is 6.21. The van der Waals surface area contributed by atoms with Crippen molar-refractivity contribution in [3.8, 4) is 5.69 Å². The van der Waals surface area contributed by atoms with Crippen LogP contribution in [0, 0.1) is 0 Å². The summed E-state index contributed by atoms with van der Waals surface area (Å²) in [5.41, 5.74) is 2.95. The largest absolute Gasteiger partial charge is 0.379 e. The highest BCUT2D eigenvalue weighted by atomic mass is 32.2. The van der Waals surface area contributed by atoms with Crippen LogP contribution in [0.15, 0.2) is 72.1 Å². The van der Waals surface area contributed by atoms with Crippen molar-refractivity contribution >= 4 is 15.9 Å². The van der Waals surface area contributed by atoms with E-state index in [0.29, 0.717) is 39.1 Å². The number of benzene rings is 2. The molecule has 1 aliphatic heterocycles. The highest BCUT2D eigenvalue weighted by Crippen LogP contribution is 2.19. The fourth-order valence-electron chi connectivity index (χ4n) is 3.77. The number of sulfonamides is 1. The van der Waals surface area contributed by atoms with Crippen LogP contribution in [0.5, 0.6) is 0 Å². The van der Waals surface area contributed by atoms with Crippen LogP contribution in [0.25, 0.3) is 5.69 Å². The minimum absolute atomic E-state index is 0.0498. The van der Waals surface area contributed by atoms with Gasteiger partial charge in [-0.05, 0) is 48.7 Å². The van der Waals surface area contributed by atoms with Gasteiger partial charge in [0.2, 0.25) is 15.9 Å². The average molecular weight is 469 g/mol. The van der Waals surface area contributed by atoms with E-state index in [9.17, 15) is 13.2 Å². The van der Waals surface area contributed by atoms with E-state index in [1.54, 1.807) is 36.8 Å². The van der Waals surface area contributed by atoms with Gasteiger partial charge in [0.15, 0.2) is 0 Å². The van der Waals surface area contributed by atoms with Gasteiger partial charge in [-0.25, -0.2) is 13.4 Å². The molecule has 2 aromatic carbocycles. The predicted molar refractivity (Wildman–Crippen MR) is 124 cm³/mol. The lowest BCUT2D eigenvalue weighted by molar-refractivity contribution is -0.121. The standard InChI is InChI=1S/C24H28N4O4S/c1-19(21-5-7-22(8-6-21)27-13-12-25-18-27)26-24(29)11-4-20-2-9-23(10-3-20)33(30,31)28-14-16-32-17-15-28/h2-3,5-10,12-13,18-19H,4,11,14-17H2,1H3,(H,26,29). The minimum atomic E-state index is -3.51. The van der Waals surface area contributed by atoms with Crippen LogP contribution in [0.4, 0.5) is 0 Å². The van der Waals surface area contributed by atoms with Gasteiger partial charge < -0.3 is 14.6 Å².